The molecule has 0 bridgehead atoms. The Bertz CT molecular complexity index is 1010. The van der Waals surface area contributed by atoms with Crippen molar-refractivity contribution in [1.29, 1.82) is 0 Å². The second kappa shape index (κ2) is 8.79. The van der Waals surface area contributed by atoms with Crippen LogP contribution in [-0.2, 0) is 6.42 Å². The number of carbonyl (C=O) groups excluding carboxylic acids is 1. The van der Waals surface area contributed by atoms with E-state index in [4.69, 9.17) is 4.52 Å². The molecule has 0 unspecified atom stereocenters. The third-order valence-electron chi connectivity index (χ3n) is 5.96. The van der Waals surface area contributed by atoms with E-state index in [0.717, 1.165) is 49.5 Å². The summed E-state index contributed by atoms with van der Waals surface area (Å²) < 4.78 is 5.36. The molecule has 3 aromatic rings. The van der Waals surface area contributed by atoms with E-state index >= 15 is 0 Å². The predicted octanol–water partition coefficient (Wildman–Crippen LogP) is 3.69. The zero-order chi connectivity index (χ0) is 21.0. The standard InChI is InChI=1S/C24H27N5O2/c30-24(25-13-12-18-4-2-1-3-5-18)29-16-14-28(15-17-29)21-10-8-19(9-11-21)22-26-23(31-27-22)20-6-7-20/h1-5,8-11,20H,6-7,12-17H2,(H,25,30). The number of nitrogens with zero attached hydrogens (tertiary/aromatic N) is 4. The number of hydrogen-bond donors (Lipinski definition) is 1. The number of hydrogen-bond acceptors (Lipinski definition) is 5. The smallest absolute Gasteiger partial charge is 0.317 e. The minimum atomic E-state index is 0.0227. The maximum atomic E-state index is 12.5. The van der Waals surface area contributed by atoms with Crippen molar-refractivity contribution in [3.63, 3.8) is 0 Å². The second-order valence-electron chi connectivity index (χ2n) is 8.22. The summed E-state index contributed by atoms with van der Waals surface area (Å²) in [5.74, 6) is 1.88. The van der Waals surface area contributed by atoms with E-state index in [1.165, 1.54) is 5.56 Å². The maximum Gasteiger partial charge on any atom is 0.317 e. The van der Waals surface area contributed by atoms with Gasteiger partial charge in [-0.05, 0) is 49.1 Å². The number of benzene rings is 2. The number of rotatable bonds is 6. The van der Waals surface area contributed by atoms with Gasteiger partial charge in [0.15, 0.2) is 0 Å². The van der Waals surface area contributed by atoms with Gasteiger partial charge in [-0.1, -0.05) is 35.5 Å². The summed E-state index contributed by atoms with van der Waals surface area (Å²) in [4.78, 5) is 21.2. The summed E-state index contributed by atoms with van der Waals surface area (Å²) >= 11 is 0. The topological polar surface area (TPSA) is 74.5 Å². The molecule has 2 aromatic carbocycles. The van der Waals surface area contributed by atoms with Crippen molar-refractivity contribution in [1.82, 2.24) is 20.4 Å². The highest BCUT2D eigenvalue weighted by Crippen LogP contribution is 2.39. The van der Waals surface area contributed by atoms with Crippen LogP contribution in [-0.4, -0.2) is 53.8 Å². The molecular formula is C24H27N5O2. The number of amides is 2. The number of piperazine rings is 1. The number of aromatic nitrogens is 2. The van der Waals surface area contributed by atoms with Crippen LogP contribution in [0.1, 0.15) is 30.2 Å². The van der Waals surface area contributed by atoms with Gasteiger partial charge in [-0.3, -0.25) is 0 Å². The molecule has 0 radical (unpaired) electrons. The largest absolute Gasteiger partial charge is 0.368 e. The quantitative estimate of drug-likeness (QED) is 0.662. The van der Waals surface area contributed by atoms with E-state index in [2.05, 4.69) is 44.6 Å². The molecule has 2 heterocycles. The van der Waals surface area contributed by atoms with Crippen molar-refractivity contribution in [2.24, 2.45) is 0 Å². The molecule has 2 amide bonds. The van der Waals surface area contributed by atoms with Gasteiger partial charge in [-0.2, -0.15) is 4.98 Å². The molecule has 1 aliphatic heterocycles. The second-order valence-corrected chi connectivity index (χ2v) is 8.22. The first-order valence-corrected chi connectivity index (χ1v) is 11.0. The molecule has 1 aliphatic carbocycles. The zero-order valence-electron chi connectivity index (χ0n) is 17.5. The lowest BCUT2D eigenvalue weighted by Crippen LogP contribution is -2.52. The van der Waals surface area contributed by atoms with Crippen LogP contribution in [0.25, 0.3) is 11.4 Å². The van der Waals surface area contributed by atoms with E-state index in [1.54, 1.807) is 0 Å². The summed E-state index contributed by atoms with van der Waals surface area (Å²) in [5.41, 5.74) is 3.36. The fraction of sp³-hybridized carbons (Fsp3) is 0.375. The average Bonchev–Trinajstić information content (AvgIpc) is 3.56. The SMILES string of the molecule is O=C(NCCc1ccccc1)N1CCN(c2ccc(-c3noc(C4CC4)n3)cc2)CC1. The molecule has 31 heavy (non-hydrogen) atoms. The molecule has 7 nitrogen and oxygen atoms in total. The normalized spacial score (nSPS) is 16.4. The van der Waals surface area contributed by atoms with E-state index in [9.17, 15) is 4.79 Å². The lowest BCUT2D eigenvalue weighted by molar-refractivity contribution is 0.194. The third-order valence-corrected chi connectivity index (χ3v) is 5.96. The molecule has 1 saturated carbocycles. The van der Waals surface area contributed by atoms with Gasteiger partial charge in [0.2, 0.25) is 11.7 Å². The third kappa shape index (κ3) is 4.71. The first-order chi connectivity index (χ1) is 15.3. The molecule has 7 heteroatoms. The number of urea groups is 1. The van der Waals surface area contributed by atoms with Gasteiger partial charge < -0.3 is 19.6 Å². The zero-order valence-corrected chi connectivity index (χ0v) is 17.5. The summed E-state index contributed by atoms with van der Waals surface area (Å²) in [5, 5.41) is 7.15. The molecule has 0 atom stereocenters. The van der Waals surface area contributed by atoms with Crippen LogP contribution in [0.5, 0.6) is 0 Å². The fourth-order valence-corrected chi connectivity index (χ4v) is 3.91. The van der Waals surface area contributed by atoms with Gasteiger partial charge >= 0.3 is 6.03 Å². The summed E-state index contributed by atoms with van der Waals surface area (Å²) in [6.45, 7) is 3.73. The average molecular weight is 418 g/mol. The molecule has 2 aliphatic rings. The fourth-order valence-electron chi connectivity index (χ4n) is 3.91. The minimum Gasteiger partial charge on any atom is -0.368 e. The van der Waals surface area contributed by atoms with Crippen LogP contribution in [0.4, 0.5) is 10.5 Å². The Morgan fingerprint density at radius 1 is 1.00 bits per heavy atom. The Labute approximate surface area is 182 Å². The maximum absolute atomic E-state index is 12.5. The van der Waals surface area contributed by atoms with Crippen molar-refractivity contribution in [3.8, 4) is 11.4 Å². The van der Waals surface area contributed by atoms with Crippen LogP contribution < -0.4 is 10.2 Å². The van der Waals surface area contributed by atoms with Crippen molar-refractivity contribution in [3.05, 3.63) is 66.1 Å². The molecule has 1 saturated heterocycles. The Morgan fingerprint density at radius 2 is 1.74 bits per heavy atom. The van der Waals surface area contributed by atoms with Crippen LogP contribution in [0.15, 0.2) is 59.1 Å². The molecule has 5 rings (SSSR count). The summed E-state index contributed by atoms with van der Waals surface area (Å²) in [7, 11) is 0. The van der Waals surface area contributed by atoms with E-state index < -0.39 is 0 Å². The van der Waals surface area contributed by atoms with Gasteiger partial charge in [0, 0.05) is 49.9 Å². The van der Waals surface area contributed by atoms with Crippen LogP contribution in [0.2, 0.25) is 0 Å². The van der Waals surface area contributed by atoms with Crippen LogP contribution in [0, 0.1) is 0 Å². The van der Waals surface area contributed by atoms with E-state index in [0.29, 0.717) is 31.4 Å². The summed E-state index contributed by atoms with van der Waals surface area (Å²) in [6, 6.07) is 18.5. The highest BCUT2D eigenvalue weighted by molar-refractivity contribution is 5.74. The van der Waals surface area contributed by atoms with Gasteiger partial charge in [0.25, 0.3) is 0 Å². The summed E-state index contributed by atoms with van der Waals surface area (Å²) in [6.07, 6.45) is 3.15. The number of anilines is 1. The molecule has 1 N–H and O–H groups in total. The van der Waals surface area contributed by atoms with Crippen LogP contribution in [0.3, 0.4) is 0 Å². The predicted molar refractivity (Wildman–Crippen MR) is 119 cm³/mol. The van der Waals surface area contributed by atoms with Gasteiger partial charge in [-0.15, -0.1) is 0 Å². The Balaban J connectivity index is 1.10. The lowest BCUT2D eigenvalue weighted by Gasteiger charge is -2.36. The highest BCUT2D eigenvalue weighted by Gasteiger charge is 2.29. The lowest BCUT2D eigenvalue weighted by atomic mass is 10.1. The first-order valence-electron chi connectivity index (χ1n) is 11.0. The Kier molecular flexibility index (Phi) is 5.56. The van der Waals surface area contributed by atoms with E-state index in [1.807, 2.05) is 35.2 Å². The monoisotopic (exact) mass is 417 g/mol. The molecular weight excluding hydrogens is 390 g/mol. The van der Waals surface area contributed by atoms with Crippen molar-refractivity contribution in [2.75, 3.05) is 37.6 Å². The molecule has 0 spiro atoms. The molecule has 1 aromatic heterocycles. The van der Waals surface area contributed by atoms with Gasteiger partial charge in [-0.25, -0.2) is 4.79 Å². The number of nitrogens with one attached hydrogen (secondary N) is 1. The van der Waals surface area contributed by atoms with Crippen molar-refractivity contribution >= 4 is 11.7 Å². The van der Waals surface area contributed by atoms with Gasteiger partial charge in [0.05, 0.1) is 0 Å². The Hall–Kier alpha value is -3.35. The first kappa shape index (κ1) is 19.6. The molecule has 2 fully saturated rings. The highest BCUT2D eigenvalue weighted by atomic mass is 16.5. The Morgan fingerprint density at radius 3 is 2.45 bits per heavy atom. The van der Waals surface area contributed by atoms with Crippen LogP contribution >= 0.6 is 0 Å². The van der Waals surface area contributed by atoms with Gasteiger partial charge in [0.1, 0.15) is 0 Å². The minimum absolute atomic E-state index is 0.0227. The van der Waals surface area contributed by atoms with Crippen molar-refractivity contribution in [2.45, 2.75) is 25.2 Å². The molecule has 160 valence electrons. The van der Waals surface area contributed by atoms with E-state index in [-0.39, 0.29) is 6.03 Å². The van der Waals surface area contributed by atoms with Crippen molar-refractivity contribution < 1.29 is 9.32 Å². The number of carbonyl (C=O) groups is 1.